The first-order valence-corrected chi connectivity index (χ1v) is 11.5. The Bertz CT molecular complexity index is 836. The highest BCUT2D eigenvalue weighted by molar-refractivity contribution is 5.93. The minimum absolute atomic E-state index is 0.00142. The van der Waals surface area contributed by atoms with Crippen molar-refractivity contribution in [3.8, 4) is 5.75 Å². The molecule has 1 saturated heterocycles. The largest absolute Gasteiger partial charge is 0.489 e. The molecule has 1 atom stereocenters. The van der Waals surface area contributed by atoms with Gasteiger partial charge in [0.15, 0.2) is 0 Å². The first-order chi connectivity index (χ1) is 15.7. The van der Waals surface area contributed by atoms with E-state index >= 15 is 0 Å². The van der Waals surface area contributed by atoms with Gasteiger partial charge in [-0.2, -0.15) is 0 Å². The third kappa shape index (κ3) is 7.57. The Balaban J connectivity index is 1.52. The standard InChI is InChI=1S/C25H34N4O3/c26-16-6-5-11-23(24(30)29-17-7-2-8-18-29)28-25(31)27-21-12-14-22(15-13-21)32-19-20-9-3-1-4-10-20/h1,3-4,9-10,12-15,23H,2,5-8,11,16-19,26H2,(H2,27,28,31)/t23-/m0/s1. The van der Waals surface area contributed by atoms with Gasteiger partial charge in [-0.05, 0) is 74.9 Å². The lowest BCUT2D eigenvalue weighted by Gasteiger charge is -2.30. The molecule has 4 N–H and O–H groups in total. The van der Waals surface area contributed by atoms with Crippen LogP contribution in [0, 0.1) is 0 Å². The fraction of sp³-hybridized carbons (Fsp3) is 0.440. The summed E-state index contributed by atoms with van der Waals surface area (Å²) in [5.41, 5.74) is 7.33. The number of likely N-dealkylation sites (tertiary alicyclic amines) is 1. The average Bonchev–Trinajstić information content (AvgIpc) is 2.84. The van der Waals surface area contributed by atoms with Crippen LogP contribution in [0.4, 0.5) is 10.5 Å². The Morgan fingerprint density at radius 2 is 1.69 bits per heavy atom. The SMILES string of the molecule is NCCCC[C@H](NC(=O)Nc1ccc(OCc2ccccc2)cc1)C(=O)N1CCCCC1. The van der Waals surface area contributed by atoms with Crippen molar-refractivity contribution in [2.24, 2.45) is 5.73 Å². The van der Waals surface area contributed by atoms with Crippen LogP contribution in [-0.2, 0) is 11.4 Å². The molecule has 7 nitrogen and oxygen atoms in total. The van der Waals surface area contributed by atoms with Crippen LogP contribution in [0.2, 0.25) is 0 Å². The second-order valence-electron chi connectivity index (χ2n) is 8.12. The van der Waals surface area contributed by atoms with Crippen molar-refractivity contribution >= 4 is 17.6 Å². The zero-order valence-electron chi connectivity index (χ0n) is 18.6. The van der Waals surface area contributed by atoms with Gasteiger partial charge in [0.2, 0.25) is 5.91 Å². The lowest BCUT2D eigenvalue weighted by molar-refractivity contribution is -0.134. The molecule has 1 aliphatic heterocycles. The van der Waals surface area contributed by atoms with Gasteiger partial charge >= 0.3 is 6.03 Å². The number of benzene rings is 2. The minimum Gasteiger partial charge on any atom is -0.489 e. The number of urea groups is 1. The van der Waals surface area contributed by atoms with E-state index in [0.717, 1.165) is 56.5 Å². The maximum Gasteiger partial charge on any atom is 0.319 e. The number of hydrogen-bond donors (Lipinski definition) is 3. The molecular formula is C25H34N4O3. The Hall–Kier alpha value is -3.06. The summed E-state index contributed by atoms with van der Waals surface area (Å²) in [6.07, 6.45) is 5.41. The molecule has 0 radical (unpaired) electrons. The third-order valence-electron chi connectivity index (χ3n) is 5.58. The molecule has 1 fully saturated rings. The summed E-state index contributed by atoms with van der Waals surface area (Å²) in [6, 6.07) is 16.2. The van der Waals surface area contributed by atoms with E-state index in [4.69, 9.17) is 10.5 Å². The van der Waals surface area contributed by atoms with Crippen LogP contribution in [0.3, 0.4) is 0 Å². The number of hydrogen-bond acceptors (Lipinski definition) is 4. The predicted octanol–water partition coefficient (Wildman–Crippen LogP) is 3.90. The maximum absolute atomic E-state index is 12.9. The molecular weight excluding hydrogens is 404 g/mol. The highest BCUT2D eigenvalue weighted by Crippen LogP contribution is 2.18. The van der Waals surface area contributed by atoms with Gasteiger partial charge in [-0.1, -0.05) is 30.3 Å². The van der Waals surface area contributed by atoms with Gasteiger partial charge in [0.1, 0.15) is 18.4 Å². The number of nitrogens with two attached hydrogens (primary N) is 1. The summed E-state index contributed by atoms with van der Waals surface area (Å²) in [5, 5.41) is 5.69. The number of ether oxygens (including phenoxy) is 1. The van der Waals surface area contributed by atoms with Crippen LogP contribution in [0.25, 0.3) is 0 Å². The maximum atomic E-state index is 12.9. The smallest absolute Gasteiger partial charge is 0.319 e. The summed E-state index contributed by atoms with van der Waals surface area (Å²) < 4.78 is 5.78. The number of nitrogens with zero attached hydrogens (tertiary/aromatic N) is 1. The van der Waals surface area contributed by atoms with Crippen molar-refractivity contribution in [1.29, 1.82) is 0 Å². The Morgan fingerprint density at radius 1 is 0.969 bits per heavy atom. The normalized spacial score (nSPS) is 14.5. The highest BCUT2D eigenvalue weighted by atomic mass is 16.5. The van der Waals surface area contributed by atoms with Crippen molar-refractivity contribution in [3.05, 3.63) is 60.2 Å². The van der Waals surface area contributed by atoms with Crippen molar-refractivity contribution in [3.63, 3.8) is 0 Å². The number of carbonyl (C=O) groups is 2. The van der Waals surface area contributed by atoms with Crippen molar-refractivity contribution < 1.29 is 14.3 Å². The first kappa shape index (κ1) is 23.6. The Labute approximate surface area is 190 Å². The van der Waals surface area contributed by atoms with E-state index in [1.54, 1.807) is 12.1 Å². The Morgan fingerprint density at radius 3 is 2.38 bits per heavy atom. The van der Waals surface area contributed by atoms with E-state index < -0.39 is 6.04 Å². The van der Waals surface area contributed by atoms with Crippen molar-refractivity contribution in [2.45, 2.75) is 51.2 Å². The number of carbonyl (C=O) groups excluding carboxylic acids is 2. The molecule has 1 aliphatic rings. The highest BCUT2D eigenvalue weighted by Gasteiger charge is 2.26. The molecule has 2 aromatic rings. The molecule has 0 aromatic heterocycles. The molecule has 0 aliphatic carbocycles. The number of unbranched alkanes of at least 4 members (excludes halogenated alkanes) is 1. The van der Waals surface area contributed by atoms with Crippen molar-refractivity contribution in [2.75, 3.05) is 25.0 Å². The molecule has 3 amide bonds. The topological polar surface area (TPSA) is 96.7 Å². The average molecular weight is 439 g/mol. The molecule has 32 heavy (non-hydrogen) atoms. The summed E-state index contributed by atoms with van der Waals surface area (Å²) >= 11 is 0. The summed E-state index contributed by atoms with van der Waals surface area (Å²) in [5.74, 6) is 0.723. The molecule has 2 aromatic carbocycles. The second kappa shape index (κ2) is 12.7. The van der Waals surface area contributed by atoms with Gasteiger partial charge in [-0.25, -0.2) is 4.79 Å². The molecule has 0 saturated carbocycles. The molecule has 7 heteroatoms. The number of amides is 3. The fourth-order valence-corrected chi connectivity index (χ4v) is 3.79. The predicted molar refractivity (Wildman–Crippen MR) is 126 cm³/mol. The van der Waals surface area contributed by atoms with Crippen LogP contribution in [0.1, 0.15) is 44.1 Å². The minimum atomic E-state index is -0.534. The quantitative estimate of drug-likeness (QED) is 0.490. The summed E-state index contributed by atoms with van der Waals surface area (Å²) in [4.78, 5) is 27.4. The van der Waals surface area contributed by atoms with E-state index in [0.29, 0.717) is 25.3 Å². The third-order valence-corrected chi connectivity index (χ3v) is 5.58. The molecule has 0 bridgehead atoms. The lowest BCUT2D eigenvalue weighted by atomic mass is 10.1. The van der Waals surface area contributed by atoms with Gasteiger partial charge in [-0.3, -0.25) is 4.79 Å². The van der Waals surface area contributed by atoms with Gasteiger partial charge in [-0.15, -0.1) is 0 Å². The summed E-state index contributed by atoms with van der Waals surface area (Å²) in [6.45, 7) is 2.59. The van der Waals surface area contributed by atoms with Gasteiger partial charge in [0, 0.05) is 18.8 Å². The molecule has 3 rings (SSSR count). The van der Waals surface area contributed by atoms with E-state index in [1.165, 1.54) is 0 Å². The lowest BCUT2D eigenvalue weighted by Crippen LogP contribution is -2.51. The fourth-order valence-electron chi connectivity index (χ4n) is 3.79. The number of anilines is 1. The molecule has 0 spiro atoms. The number of piperidine rings is 1. The van der Waals surface area contributed by atoms with Gasteiger partial charge in [0.05, 0.1) is 0 Å². The van der Waals surface area contributed by atoms with Crippen molar-refractivity contribution in [1.82, 2.24) is 10.2 Å². The molecule has 172 valence electrons. The number of nitrogens with one attached hydrogen (secondary N) is 2. The van der Waals surface area contributed by atoms with Crippen LogP contribution >= 0.6 is 0 Å². The van der Waals surface area contributed by atoms with Crippen LogP contribution in [0.5, 0.6) is 5.75 Å². The van der Waals surface area contributed by atoms with Crippen LogP contribution in [-0.4, -0.2) is 42.5 Å². The monoisotopic (exact) mass is 438 g/mol. The van der Waals surface area contributed by atoms with E-state index in [2.05, 4.69) is 10.6 Å². The number of rotatable bonds is 10. The molecule has 0 unspecified atom stereocenters. The zero-order valence-corrected chi connectivity index (χ0v) is 18.6. The van der Waals surface area contributed by atoms with Gasteiger partial charge in [0.25, 0.3) is 0 Å². The first-order valence-electron chi connectivity index (χ1n) is 11.5. The van der Waals surface area contributed by atoms with E-state index in [1.807, 2.05) is 47.4 Å². The summed E-state index contributed by atoms with van der Waals surface area (Å²) in [7, 11) is 0. The van der Waals surface area contributed by atoms with E-state index in [-0.39, 0.29) is 11.9 Å². The Kier molecular flexibility index (Phi) is 9.37. The molecule has 1 heterocycles. The van der Waals surface area contributed by atoms with E-state index in [9.17, 15) is 9.59 Å². The van der Waals surface area contributed by atoms with Gasteiger partial charge < -0.3 is 26.0 Å². The van der Waals surface area contributed by atoms with Crippen LogP contribution in [0.15, 0.2) is 54.6 Å². The zero-order chi connectivity index (χ0) is 22.6. The van der Waals surface area contributed by atoms with Crippen LogP contribution < -0.4 is 21.1 Å². The second-order valence-corrected chi connectivity index (χ2v) is 8.12.